The molecule has 0 atom stereocenters. The summed E-state index contributed by atoms with van der Waals surface area (Å²) in [5.41, 5.74) is 5.53. The first-order chi connectivity index (χ1) is 15.9. The van der Waals surface area contributed by atoms with Gasteiger partial charge in [-0.1, -0.05) is 187 Å². The summed E-state index contributed by atoms with van der Waals surface area (Å²) in [6.45, 7) is 3.18. The Morgan fingerprint density at radius 1 is 0.250 bits per heavy atom. The molecule has 1 nitrogen and oxygen atoms in total. The van der Waals surface area contributed by atoms with Crippen molar-refractivity contribution in [3.63, 3.8) is 0 Å². The minimum absolute atomic E-state index is 0.874. The first kappa shape index (κ1) is 32.0. The molecule has 194 valence electrons. The van der Waals surface area contributed by atoms with Gasteiger partial charge in [0.2, 0.25) is 0 Å². The highest BCUT2D eigenvalue weighted by atomic mass is 14.5. The fourth-order valence-corrected chi connectivity index (χ4v) is 4.99. The van der Waals surface area contributed by atoms with Crippen molar-refractivity contribution in [2.75, 3.05) is 6.54 Å². The van der Waals surface area contributed by atoms with Crippen molar-refractivity contribution in [3.8, 4) is 0 Å². The molecule has 0 bridgehead atoms. The van der Waals surface area contributed by atoms with Crippen LogP contribution in [0.4, 0.5) is 0 Å². The molecule has 0 aromatic carbocycles. The summed E-state index contributed by atoms with van der Waals surface area (Å²) >= 11 is 0. The van der Waals surface area contributed by atoms with E-state index in [1.54, 1.807) is 0 Å². The molecule has 0 aliphatic rings. The molecule has 0 unspecified atom stereocenters. The van der Waals surface area contributed by atoms with Gasteiger partial charge >= 0.3 is 0 Å². The van der Waals surface area contributed by atoms with Gasteiger partial charge in [-0.25, -0.2) is 0 Å². The number of hydrogen-bond acceptors (Lipinski definition) is 1. The van der Waals surface area contributed by atoms with Crippen LogP contribution >= 0.6 is 0 Å². The van der Waals surface area contributed by atoms with E-state index in [1.165, 1.54) is 186 Å². The first-order valence-electron chi connectivity index (χ1n) is 15.6. The van der Waals surface area contributed by atoms with E-state index in [2.05, 4.69) is 6.92 Å². The van der Waals surface area contributed by atoms with Crippen molar-refractivity contribution in [2.45, 2.75) is 193 Å². The maximum Gasteiger partial charge on any atom is -0.00773 e. The summed E-state index contributed by atoms with van der Waals surface area (Å²) in [5.74, 6) is 0. The highest BCUT2D eigenvalue weighted by molar-refractivity contribution is 4.52. The van der Waals surface area contributed by atoms with Gasteiger partial charge in [-0.05, 0) is 13.0 Å². The third-order valence-electron chi connectivity index (χ3n) is 7.31. The Bertz CT molecular complexity index is 271. The Labute approximate surface area is 205 Å². The molecule has 0 amide bonds. The quantitative estimate of drug-likeness (QED) is 0.112. The topological polar surface area (TPSA) is 26.0 Å². The summed E-state index contributed by atoms with van der Waals surface area (Å²) in [5, 5.41) is 0. The molecule has 0 spiro atoms. The molecule has 0 aliphatic carbocycles. The molecule has 0 fully saturated rings. The van der Waals surface area contributed by atoms with Crippen molar-refractivity contribution in [2.24, 2.45) is 5.73 Å². The second-order valence-electron chi connectivity index (χ2n) is 10.7. The monoisotopic (exact) mass is 452 g/mol. The van der Waals surface area contributed by atoms with Gasteiger partial charge in [0.05, 0.1) is 0 Å². The van der Waals surface area contributed by atoms with Crippen LogP contribution in [-0.4, -0.2) is 6.54 Å². The van der Waals surface area contributed by atoms with E-state index >= 15 is 0 Å². The molecule has 0 rings (SSSR count). The largest absolute Gasteiger partial charge is 0.330 e. The van der Waals surface area contributed by atoms with Crippen LogP contribution in [0.25, 0.3) is 0 Å². The normalized spacial score (nSPS) is 11.4. The highest BCUT2D eigenvalue weighted by Gasteiger charge is 1.96. The summed E-state index contributed by atoms with van der Waals surface area (Å²) in [6.07, 6.45) is 42.3. The zero-order valence-electron chi connectivity index (χ0n) is 22.8. The van der Waals surface area contributed by atoms with E-state index in [0.29, 0.717) is 0 Å². The molecular weight excluding hydrogens is 386 g/mol. The Balaban J connectivity index is 2.98. The summed E-state index contributed by atoms with van der Waals surface area (Å²) in [7, 11) is 0. The third-order valence-corrected chi connectivity index (χ3v) is 7.31. The van der Waals surface area contributed by atoms with Gasteiger partial charge in [0, 0.05) is 0 Å². The zero-order chi connectivity index (χ0) is 23.2. The molecule has 1 heteroatoms. The first-order valence-corrected chi connectivity index (χ1v) is 15.6. The fourth-order valence-electron chi connectivity index (χ4n) is 4.99. The van der Waals surface area contributed by atoms with Crippen LogP contribution < -0.4 is 5.73 Å². The maximum atomic E-state index is 5.53. The Morgan fingerprint density at radius 2 is 0.406 bits per heavy atom. The molecule has 0 radical (unpaired) electrons. The number of nitrogens with two attached hydrogens (primary N) is 1. The van der Waals surface area contributed by atoms with Gasteiger partial charge < -0.3 is 5.73 Å². The number of unbranched alkanes of at least 4 members (excludes halogenated alkanes) is 28. The standard InChI is InChI=1S/C31H65N/c1-2-3-4-5-6-7-8-9-10-11-12-13-14-15-16-17-18-19-20-21-22-23-24-25-26-27-28-29-30-31-32/h2-32H2,1H3. The van der Waals surface area contributed by atoms with Crippen molar-refractivity contribution in [1.29, 1.82) is 0 Å². The summed E-state index contributed by atoms with van der Waals surface area (Å²) in [4.78, 5) is 0. The van der Waals surface area contributed by atoms with E-state index in [0.717, 1.165) is 6.54 Å². The number of hydrogen-bond donors (Lipinski definition) is 1. The van der Waals surface area contributed by atoms with Crippen LogP contribution in [0.2, 0.25) is 0 Å². The van der Waals surface area contributed by atoms with Gasteiger partial charge in [0.25, 0.3) is 0 Å². The lowest BCUT2D eigenvalue weighted by atomic mass is 10.0. The highest BCUT2D eigenvalue weighted by Crippen LogP contribution is 2.16. The van der Waals surface area contributed by atoms with Crippen LogP contribution in [0.5, 0.6) is 0 Å². The maximum absolute atomic E-state index is 5.53. The van der Waals surface area contributed by atoms with Gasteiger partial charge in [-0.15, -0.1) is 0 Å². The van der Waals surface area contributed by atoms with Crippen molar-refractivity contribution in [3.05, 3.63) is 0 Å². The van der Waals surface area contributed by atoms with Gasteiger partial charge in [-0.2, -0.15) is 0 Å². The third kappa shape index (κ3) is 30.0. The van der Waals surface area contributed by atoms with E-state index in [1.807, 2.05) is 0 Å². The minimum atomic E-state index is 0.874. The van der Waals surface area contributed by atoms with E-state index in [-0.39, 0.29) is 0 Å². The molecular formula is C31H65N. The predicted octanol–water partition coefficient (Wildman–Crippen LogP) is 11.3. The average molecular weight is 452 g/mol. The fraction of sp³-hybridized carbons (Fsp3) is 1.00. The van der Waals surface area contributed by atoms with E-state index in [9.17, 15) is 0 Å². The minimum Gasteiger partial charge on any atom is -0.330 e. The van der Waals surface area contributed by atoms with Crippen LogP contribution in [0.3, 0.4) is 0 Å². The molecule has 32 heavy (non-hydrogen) atoms. The molecule has 0 heterocycles. The van der Waals surface area contributed by atoms with Gasteiger partial charge in [0.1, 0.15) is 0 Å². The SMILES string of the molecule is CCCCCCCCCCCCCCCCCCCCCCCCCCCCCCCN. The van der Waals surface area contributed by atoms with Gasteiger partial charge in [-0.3, -0.25) is 0 Å². The summed E-state index contributed by atoms with van der Waals surface area (Å²) in [6, 6.07) is 0. The Kier molecular flexibility index (Phi) is 30.9. The zero-order valence-corrected chi connectivity index (χ0v) is 22.8. The molecule has 2 N–H and O–H groups in total. The molecule has 0 aromatic heterocycles. The number of rotatable bonds is 29. The molecule has 0 aliphatic heterocycles. The van der Waals surface area contributed by atoms with Crippen LogP contribution in [0.15, 0.2) is 0 Å². The molecule has 0 saturated heterocycles. The lowest BCUT2D eigenvalue weighted by Crippen LogP contribution is -1.97. The second-order valence-corrected chi connectivity index (χ2v) is 10.7. The lowest BCUT2D eigenvalue weighted by molar-refractivity contribution is 0.513. The Hall–Kier alpha value is -0.0400. The average Bonchev–Trinajstić information content (AvgIpc) is 2.81. The summed E-state index contributed by atoms with van der Waals surface area (Å²) < 4.78 is 0. The lowest BCUT2D eigenvalue weighted by Gasteiger charge is -2.04. The second kappa shape index (κ2) is 31.0. The van der Waals surface area contributed by atoms with Crippen molar-refractivity contribution >= 4 is 0 Å². The molecule has 0 aromatic rings. The Morgan fingerprint density at radius 3 is 0.562 bits per heavy atom. The van der Waals surface area contributed by atoms with Crippen molar-refractivity contribution in [1.82, 2.24) is 0 Å². The van der Waals surface area contributed by atoms with Crippen molar-refractivity contribution < 1.29 is 0 Å². The van der Waals surface area contributed by atoms with E-state index < -0.39 is 0 Å². The van der Waals surface area contributed by atoms with Crippen LogP contribution in [0, 0.1) is 0 Å². The van der Waals surface area contributed by atoms with Crippen LogP contribution in [0.1, 0.15) is 193 Å². The van der Waals surface area contributed by atoms with Gasteiger partial charge in [0.15, 0.2) is 0 Å². The van der Waals surface area contributed by atoms with E-state index in [4.69, 9.17) is 5.73 Å². The van der Waals surface area contributed by atoms with Crippen LogP contribution in [-0.2, 0) is 0 Å². The predicted molar refractivity (Wildman–Crippen MR) is 149 cm³/mol. The molecule has 0 saturated carbocycles. The smallest absolute Gasteiger partial charge is 0.00773 e.